The van der Waals surface area contributed by atoms with Crippen LogP contribution in [-0.4, -0.2) is 29.3 Å². The average molecular weight is 349 g/mol. The monoisotopic (exact) mass is 348 g/mol. The maximum Gasteiger partial charge on any atom is 0.261 e. The van der Waals surface area contributed by atoms with Gasteiger partial charge in [-0.3, -0.25) is 4.79 Å². The van der Waals surface area contributed by atoms with Gasteiger partial charge in [0.1, 0.15) is 10.9 Å². The molecule has 3 rings (SSSR count). The number of hydrogen-bond donors (Lipinski definition) is 1. The Morgan fingerprint density at radius 3 is 3.09 bits per heavy atom. The minimum Gasteiger partial charge on any atom is -0.480 e. The molecule has 0 radical (unpaired) electrons. The van der Waals surface area contributed by atoms with Crippen molar-refractivity contribution in [3.8, 4) is 5.75 Å². The predicted molar refractivity (Wildman–Crippen MR) is 93.0 cm³/mol. The van der Waals surface area contributed by atoms with Gasteiger partial charge in [-0.2, -0.15) is 11.8 Å². The Morgan fingerprint density at radius 2 is 2.26 bits per heavy atom. The molecule has 0 aliphatic carbocycles. The van der Waals surface area contributed by atoms with Crippen LogP contribution < -0.4 is 10.1 Å². The van der Waals surface area contributed by atoms with Crippen LogP contribution in [-0.2, 0) is 17.0 Å². The molecular formula is C17H17ClN2O2S. The van der Waals surface area contributed by atoms with Crippen LogP contribution in [0.2, 0.25) is 5.15 Å². The van der Waals surface area contributed by atoms with Crippen LogP contribution in [0.3, 0.4) is 0 Å². The fourth-order valence-corrected chi connectivity index (χ4v) is 3.41. The smallest absolute Gasteiger partial charge is 0.261 e. The molecule has 4 nitrogen and oxygen atoms in total. The lowest BCUT2D eigenvalue weighted by Gasteiger charge is -2.11. The van der Waals surface area contributed by atoms with Crippen LogP contribution in [0.25, 0.3) is 0 Å². The summed E-state index contributed by atoms with van der Waals surface area (Å²) in [4.78, 5) is 16.1. The van der Waals surface area contributed by atoms with Gasteiger partial charge < -0.3 is 10.1 Å². The summed E-state index contributed by atoms with van der Waals surface area (Å²) >= 11 is 7.59. The molecule has 0 bridgehead atoms. The van der Waals surface area contributed by atoms with Gasteiger partial charge in [0.05, 0.1) is 0 Å². The highest BCUT2D eigenvalue weighted by atomic mass is 35.5. The van der Waals surface area contributed by atoms with E-state index >= 15 is 0 Å². The van der Waals surface area contributed by atoms with Crippen molar-refractivity contribution in [3.63, 3.8) is 0 Å². The van der Waals surface area contributed by atoms with Crippen molar-refractivity contribution >= 4 is 29.3 Å². The summed E-state index contributed by atoms with van der Waals surface area (Å²) in [6, 6.07) is 11.6. The van der Waals surface area contributed by atoms with Crippen molar-refractivity contribution in [2.24, 2.45) is 0 Å². The number of hydrogen-bond acceptors (Lipinski definition) is 4. The second-order valence-electron chi connectivity index (χ2n) is 5.25. The second kappa shape index (κ2) is 7.70. The molecule has 0 saturated heterocycles. The summed E-state index contributed by atoms with van der Waals surface area (Å²) < 4.78 is 5.67. The molecule has 120 valence electrons. The van der Waals surface area contributed by atoms with Gasteiger partial charge in [-0.1, -0.05) is 29.8 Å². The number of para-hydroxylation sites is 1. The first kappa shape index (κ1) is 16.1. The van der Waals surface area contributed by atoms with E-state index in [1.54, 1.807) is 18.0 Å². The maximum absolute atomic E-state index is 12.1. The summed E-state index contributed by atoms with van der Waals surface area (Å²) in [6.45, 7) is 0.624. The number of nitrogens with one attached hydrogen (secondary N) is 1. The molecule has 0 spiro atoms. The fraction of sp³-hybridized carbons (Fsp3) is 0.294. The first-order valence-corrected chi connectivity index (χ1v) is 8.96. The number of fused-ring (bicyclic) bond motifs is 1. The number of ether oxygens (including phenoxy) is 1. The van der Waals surface area contributed by atoms with E-state index in [0.717, 1.165) is 28.4 Å². The first-order chi connectivity index (χ1) is 11.2. The molecule has 1 aromatic carbocycles. The number of halogens is 1. The highest BCUT2D eigenvalue weighted by Gasteiger charge is 2.28. The first-order valence-electron chi connectivity index (χ1n) is 7.43. The molecule has 1 aliphatic heterocycles. The normalized spacial score (nSPS) is 15.8. The zero-order valence-corrected chi connectivity index (χ0v) is 14.1. The molecule has 1 atom stereocenters. The van der Waals surface area contributed by atoms with Gasteiger partial charge in [0.15, 0.2) is 6.10 Å². The minimum absolute atomic E-state index is 0.0474. The van der Waals surface area contributed by atoms with Gasteiger partial charge in [-0.25, -0.2) is 4.98 Å². The third-order valence-electron chi connectivity index (χ3n) is 3.54. The lowest BCUT2D eigenvalue weighted by molar-refractivity contribution is -0.127. The highest BCUT2D eigenvalue weighted by Crippen LogP contribution is 2.28. The molecule has 1 aromatic heterocycles. The van der Waals surface area contributed by atoms with Crippen molar-refractivity contribution < 1.29 is 9.53 Å². The number of carbonyl (C=O) groups is 1. The largest absolute Gasteiger partial charge is 0.480 e. The maximum atomic E-state index is 12.1. The van der Waals surface area contributed by atoms with Crippen molar-refractivity contribution in [2.45, 2.75) is 18.3 Å². The number of aromatic nitrogens is 1. The molecule has 0 unspecified atom stereocenters. The molecule has 0 saturated carbocycles. The quantitative estimate of drug-likeness (QED) is 0.644. The van der Waals surface area contributed by atoms with Crippen molar-refractivity contribution in [1.82, 2.24) is 10.3 Å². The van der Waals surface area contributed by atoms with Gasteiger partial charge in [-0.15, -0.1) is 0 Å². The fourth-order valence-electron chi connectivity index (χ4n) is 2.41. The molecule has 6 heteroatoms. The van der Waals surface area contributed by atoms with Crippen LogP contribution in [0.5, 0.6) is 5.75 Å². The number of amides is 1. The molecule has 0 fully saturated rings. The van der Waals surface area contributed by atoms with Gasteiger partial charge in [0.2, 0.25) is 0 Å². The van der Waals surface area contributed by atoms with Crippen LogP contribution in [0, 0.1) is 0 Å². The highest BCUT2D eigenvalue weighted by molar-refractivity contribution is 7.98. The van der Waals surface area contributed by atoms with Crippen LogP contribution >= 0.6 is 23.4 Å². The third kappa shape index (κ3) is 4.39. The number of pyridine rings is 1. The molecule has 2 aromatic rings. The average Bonchev–Trinajstić information content (AvgIpc) is 2.98. The summed E-state index contributed by atoms with van der Waals surface area (Å²) in [5.41, 5.74) is 2.23. The van der Waals surface area contributed by atoms with E-state index in [2.05, 4.69) is 10.3 Å². The molecule has 1 aliphatic rings. The Morgan fingerprint density at radius 1 is 1.39 bits per heavy atom. The molecule has 23 heavy (non-hydrogen) atoms. The molecule has 1 N–H and O–H groups in total. The van der Waals surface area contributed by atoms with E-state index in [9.17, 15) is 4.79 Å². The Labute approximate surface area is 144 Å². The van der Waals surface area contributed by atoms with E-state index in [1.165, 1.54) is 0 Å². The summed E-state index contributed by atoms with van der Waals surface area (Å²) in [6.07, 6.45) is 1.94. The minimum atomic E-state index is -0.406. The number of nitrogens with zero attached hydrogens (tertiary/aromatic N) is 1. The Kier molecular flexibility index (Phi) is 5.41. The summed E-state index contributed by atoms with van der Waals surface area (Å²) in [7, 11) is 0. The molecular weight excluding hydrogens is 332 g/mol. The molecule has 1 amide bonds. The van der Waals surface area contributed by atoms with Crippen LogP contribution in [0.15, 0.2) is 42.6 Å². The Bertz CT molecular complexity index is 671. The van der Waals surface area contributed by atoms with Crippen molar-refractivity contribution in [2.75, 3.05) is 12.3 Å². The zero-order chi connectivity index (χ0) is 16.1. The van der Waals surface area contributed by atoms with Crippen molar-refractivity contribution in [3.05, 3.63) is 58.9 Å². The third-order valence-corrected chi connectivity index (χ3v) is 4.78. The van der Waals surface area contributed by atoms with Gasteiger partial charge in [0, 0.05) is 30.7 Å². The predicted octanol–water partition coefficient (Wildman–Crippen LogP) is 3.09. The number of rotatable bonds is 6. The lowest BCUT2D eigenvalue weighted by Crippen LogP contribution is -2.38. The van der Waals surface area contributed by atoms with Crippen LogP contribution in [0.1, 0.15) is 11.1 Å². The van der Waals surface area contributed by atoms with Crippen LogP contribution in [0.4, 0.5) is 0 Å². The van der Waals surface area contributed by atoms with Crippen molar-refractivity contribution in [1.29, 1.82) is 0 Å². The van der Waals surface area contributed by atoms with Gasteiger partial charge in [0.25, 0.3) is 5.91 Å². The number of carbonyl (C=O) groups excluding carboxylic acids is 1. The van der Waals surface area contributed by atoms with E-state index < -0.39 is 6.10 Å². The zero-order valence-electron chi connectivity index (χ0n) is 12.5. The summed E-state index contributed by atoms with van der Waals surface area (Å²) in [5.74, 6) is 2.46. The summed E-state index contributed by atoms with van der Waals surface area (Å²) in [5, 5.41) is 3.44. The van der Waals surface area contributed by atoms with E-state index in [4.69, 9.17) is 16.3 Å². The van der Waals surface area contributed by atoms with E-state index in [-0.39, 0.29) is 5.91 Å². The number of benzene rings is 1. The molecule has 2 heterocycles. The standard InChI is InChI=1S/C17H17ClN2O2S/c18-16-9-12(5-6-19-16)11-23-8-7-20-17(21)15-10-13-3-1-2-4-14(13)22-15/h1-6,9,15H,7-8,10-11H2,(H,20,21)/t15-/m0/s1. The van der Waals surface area contributed by atoms with E-state index in [1.807, 2.05) is 36.4 Å². The topological polar surface area (TPSA) is 51.2 Å². The lowest BCUT2D eigenvalue weighted by atomic mass is 10.1. The number of thioether (sulfide) groups is 1. The SMILES string of the molecule is O=C(NCCSCc1ccnc(Cl)c1)[C@@H]1Cc2ccccc2O1. The van der Waals surface area contributed by atoms with Gasteiger partial charge >= 0.3 is 0 Å². The second-order valence-corrected chi connectivity index (χ2v) is 6.74. The van der Waals surface area contributed by atoms with Gasteiger partial charge in [-0.05, 0) is 29.3 Å². The Hall–Kier alpha value is -1.72. The Balaban J connectivity index is 1.36. The van der Waals surface area contributed by atoms with E-state index in [0.29, 0.717) is 18.1 Å².